The molecule has 0 bridgehead atoms. The van der Waals surface area contributed by atoms with Crippen molar-refractivity contribution in [1.82, 2.24) is 9.78 Å². The molecular weight excluding hydrogens is 238 g/mol. The molecule has 4 nitrogen and oxygen atoms in total. The van der Waals surface area contributed by atoms with Crippen LogP contribution in [0.2, 0.25) is 0 Å². The summed E-state index contributed by atoms with van der Waals surface area (Å²) in [6.45, 7) is 6.20. The Hall–Kier alpha value is -1.81. The standard InChI is InChI=1S/C15H21N3O/c1-3-18-10-13(9-17-18)11-19-15-5-4-12(2)8-14(15)6-7-16/h4-5,8-10H,3,6-7,11,16H2,1-2H3. The summed E-state index contributed by atoms with van der Waals surface area (Å²) < 4.78 is 7.78. The highest BCUT2D eigenvalue weighted by Gasteiger charge is 2.05. The molecule has 0 spiro atoms. The van der Waals surface area contributed by atoms with Crippen LogP contribution in [-0.4, -0.2) is 16.3 Å². The molecule has 0 unspecified atom stereocenters. The number of hydrogen-bond donors (Lipinski definition) is 1. The van der Waals surface area contributed by atoms with Crippen LogP contribution in [0.4, 0.5) is 0 Å². The van der Waals surface area contributed by atoms with Crippen LogP contribution in [0.5, 0.6) is 5.75 Å². The van der Waals surface area contributed by atoms with Crippen LogP contribution in [0, 0.1) is 6.92 Å². The van der Waals surface area contributed by atoms with Gasteiger partial charge in [-0.3, -0.25) is 4.68 Å². The van der Waals surface area contributed by atoms with E-state index in [1.54, 1.807) is 0 Å². The summed E-state index contributed by atoms with van der Waals surface area (Å²) in [5.74, 6) is 0.917. The van der Waals surface area contributed by atoms with E-state index >= 15 is 0 Å². The molecule has 0 aliphatic carbocycles. The van der Waals surface area contributed by atoms with Gasteiger partial charge in [-0.05, 0) is 38.4 Å². The summed E-state index contributed by atoms with van der Waals surface area (Å²) >= 11 is 0. The lowest BCUT2D eigenvalue weighted by Gasteiger charge is -2.11. The van der Waals surface area contributed by atoms with Gasteiger partial charge >= 0.3 is 0 Å². The molecule has 0 saturated carbocycles. The van der Waals surface area contributed by atoms with Gasteiger partial charge in [-0.15, -0.1) is 0 Å². The second-order valence-electron chi connectivity index (χ2n) is 4.64. The van der Waals surface area contributed by atoms with Gasteiger partial charge in [0.15, 0.2) is 0 Å². The van der Waals surface area contributed by atoms with Crippen molar-refractivity contribution in [2.45, 2.75) is 33.4 Å². The molecule has 0 radical (unpaired) electrons. The first-order chi connectivity index (χ1) is 9.22. The predicted octanol–water partition coefficient (Wildman–Crippen LogP) is 2.29. The first-order valence-electron chi connectivity index (χ1n) is 6.66. The molecule has 0 aliphatic heterocycles. The number of ether oxygens (including phenoxy) is 1. The molecule has 2 aromatic rings. The second kappa shape index (κ2) is 6.38. The van der Waals surface area contributed by atoms with Crippen LogP contribution in [-0.2, 0) is 19.6 Å². The molecule has 2 rings (SSSR count). The van der Waals surface area contributed by atoms with E-state index in [2.05, 4.69) is 31.1 Å². The lowest BCUT2D eigenvalue weighted by atomic mass is 10.1. The number of nitrogens with zero attached hydrogens (tertiary/aromatic N) is 2. The fourth-order valence-electron chi connectivity index (χ4n) is 2.01. The molecule has 102 valence electrons. The van der Waals surface area contributed by atoms with Crippen molar-refractivity contribution in [3.05, 3.63) is 47.3 Å². The number of aryl methyl sites for hydroxylation is 2. The maximum absolute atomic E-state index is 5.88. The van der Waals surface area contributed by atoms with E-state index < -0.39 is 0 Å². The molecule has 0 atom stereocenters. The number of benzene rings is 1. The molecule has 2 N–H and O–H groups in total. The van der Waals surface area contributed by atoms with Gasteiger partial charge in [0.25, 0.3) is 0 Å². The molecule has 1 heterocycles. The van der Waals surface area contributed by atoms with Crippen LogP contribution in [0.25, 0.3) is 0 Å². The zero-order valence-electron chi connectivity index (χ0n) is 11.6. The Morgan fingerprint density at radius 3 is 2.89 bits per heavy atom. The molecule has 1 aromatic carbocycles. The Morgan fingerprint density at radius 2 is 2.21 bits per heavy atom. The molecule has 0 aliphatic rings. The van der Waals surface area contributed by atoms with Crippen LogP contribution in [0.1, 0.15) is 23.6 Å². The van der Waals surface area contributed by atoms with E-state index in [4.69, 9.17) is 10.5 Å². The molecule has 0 fully saturated rings. The number of aromatic nitrogens is 2. The van der Waals surface area contributed by atoms with Crippen molar-refractivity contribution in [2.24, 2.45) is 5.73 Å². The van der Waals surface area contributed by atoms with Gasteiger partial charge in [-0.1, -0.05) is 17.7 Å². The Morgan fingerprint density at radius 1 is 1.37 bits per heavy atom. The monoisotopic (exact) mass is 259 g/mol. The molecular formula is C15H21N3O. The Kier molecular flexibility index (Phi) is 4.58. The first kappa shape index (κ1) is 13.6. The minimum absolute atomic E-state index is 0.542. The zero-order valence-corrected chi connectivity index (χ0v) is 11.6. The third-order valence-corrected chi connectivity index (χ3v) is 3.03. The Balaban J connectivity index is 2.05. The van der Waals surface area contributed by atoms with Crippen molar-refractivity contribution in [2.75, 3.05) is 6.54 Å². The van der Waals surface area contributed by atoms with Gasteiger partial charge in [0.1, 0.15) is 12.4 Å². The van der Waals surface area contributed by atoms with Gasteiger partial charge in [-0.2, -0.15) is 5.10 Å². The number of nitrogens with two attached hydrogens (primary N) is 1. The van der Waals surface area contributed by atoms with Crippen LogP contribution in [0.3, 0.4) is 0 Å². The normalized spacial score (nSPS) is 10.7. The summed E-state index contributed by atoms with van der Waals surface area (Å²) in [5, 5.41) is 4.24. The third kappa shape index (κ3) is 3.58. The lowest BCUT2D eigenvalue weighted by Crippen LogP contribution is -2.05. The largest absolute Gasteiger partial charge is 0.489 e. The van der Waals surface area contributed by atoms with Crippen molar-refractivity contribution < 1.29 is 4.74 Å². The van der Waals surface area contributed by atoms with E-state index in [9.17, 15) is 0 Å². The predicted molar refractivity (Wildman–Crippen MR) is 76.2 cm³/mol. The maximum Gasteiger partial charge on any atom is 0.123 e. The average Bonchev–Trinajstić information content (AvgIpc) is 2.86. The highest BCUT2D eigenvalue weighted by molar-refractivity contribution is 5.37. The molecule has 19 heavy (non-hydrogen) atoms. The highest BCUT2D eigenvalue weighted by atomic mass is 16.5. The van der Waals surface area contributed by atoms with Crippen LogP contribution in [0.15, 0.2) is 30.6 Å². The minimum atomic E-state index is 0.542. The van der Waals surface area contributed by atoms with Gasteiger partial charge in [-0.25, -0.2) is 0 Å². The molecule has 1 aromatic heterocycles. The van der Waals surface area contributed by atoms with Gasteiger partial charge in [0, 0.05) is 18.3 Å². The fourth-order valence-corrected chi connectivity index (χ4v) is 2.01. The van der Waals surface area contributed by atoms with Crippen molar-refractivity contribution >= 4 is 0 Å². The first-order valence-corrected chi connectivity index (χ1v) is 6.66. The van der Waals surface area contributed by atoms with Gasteiger partial charge < -0.3 is 10.5 Å². The van der Waals surface area contributed by atoms with Gasteiger partial charge in [0.05, 0.1) is 6.20 Å². The van der Waals surface area contributed by atoms with E-state index in [0.29, 0.717) is 13.2 Å². The van der Waals surface area contributed by atoms with E-state index in [-0.39, 0.29) is 0 Å². The molecule has 0 saturated heterocycles. The topological polar surface area (TPSA) is 53.1 Å². The highest BCUT2D eigenvalue weighted by Crippen LogP contribution is 2.21. The Labute approximate surface area is 114 Å². The van der Waals surface area contributed by atoms with Crippen LogP contribution < -0.4 is 10.5 Å². The maximum atomic E-state index is 5.88. The number of hydrogen-bond acceptors (Lipinski definition) is 3. The summed E-state index contributed by atoms with van der Waals surface area (Å²) in [7, 11) is 0. The van der Waals surface area contributed by atoms with E-state index in [1.807, 2.05) is 23.1 Å². The fraction of sp³-hybridized carbons (Fsp3) is 0.400. The zero-order chi connectivity index (χ0) is 13.7. The lowest BCUT2D eigenvalue weighted by molar-refractivity contribution is 0.303. The summed E-state index contributed by atoms with van der Waals surface area (Å²) in [5.41, 5.74) is 9.13. The summed E-state index contributed by atoms with van der Waals surface area (Å²) in [6, 6.07) is 6.22. The third-order valence-electron chi connectivity index (χ3n) is 3.03. The Bertz CT molecular complexity index is 534. The smallest absolute Gasteiger partial charge is 0.123 e. The minimum Gasteiger partial charge on any atom is -0.489 e. The summed E-state index contributed by atoms with van der Waals surface area (Å²) in [4.78, 5) is 0. The van der Waals surface area contributed by atoms with Crippen molar-refractivity contribution in [1.29, 1.82) is 0 Å². The number of rotatable bonds is 6. The summed E-state index contributed by atoms with van der Waals surface area (Å²) in [6.07, 6.45) is 4.70. The molecule has 4 heteroatoms. The van der Waals surface area contributed by atoms with Crippen LogP contribution >= 0.6 is 0 Å². The van der Waals surface area contributed by atoms with Crippen molar-refractivity contribution in [3.8, 4) is 5.75 Å². The van der Waals surface area contributed by atoms with E-state index in [1.165, 1.54) is 11.1 Å². The second-order valence-corrected chi connectivity index (χ2v) is 4.64. The SMILES string of the molecule is CCn1cc(COc2ccc(C)cc2CCN)cn1. The van der Waals surface area contributed by atoms with E-state index in [0.717, 1.165) is 24.3 Å². The van der Waals surface area contributed by atoms with Gasteiger partial charge in [0.2, 0.25) is 0 Å². The average molecular weight is 259 g/mol. The molecule has 0 amide bonds. The quantitative estimate of drug-likeness (QED) is 0.866. The van der Waals surface area contributed by atoms with Crippen molar-refractivity contribution in [3.63, 3.8) is 0 Å².